The number of imide groups is 1. The van der Waals surface area contributed by atoms with E-state index >= 15 is 0 Å². The number of amides is 3. The normalized spacial score (nSPS) is 9.85. The number of carbonyl (C=O) groups is 2. The van der Waals surface area contributed by atoms with E-state index in [-0.39, 0.29) is 0 Å². The number of hydrogen-bond acceptors (Lipinski definition) is 4. The summed E-state index contributed by atoms with van der Waals surface area (Å²) in [6.07, 6.45) is 0. The summed E-state index contributed by atoms with van der Waals surface area (Å²) in [5, 5.41) is 6.62. The molecule has 0 saturated carbocycles. The highest BCUT2D eigenvalue weighted by Crippen LogP contribution is 2.15. The van der Waals surface area contributed by atoms with Crippen molar-refractivity contribution in [1.29, 1.82) is 0 Å². The average Bonchev–Trinajstić information content (AvgIpc) is 2.95. The Morgan fingerprint density at radius 1 is 1.20 bits per heavy atom. The first kappa shape index (κ1) is 14.1. The van der Waals surface area contributed by atoms with Gasteiger partial charge in [0.25, 0.3) is 5.91 Å². The van der Waals surface area contributed by atoms with E-state index in [0.717, 1.165) is 5.75 Å². The molecule has 0 aliphatic rings. The Balaban J connectivity index is 1.89. The minimum absolute atomic E-state index is 0.413. The van der Waals surface area contributed by atoms with E-state index in [4.69, 9.17) is 4.74 Å². The van der Waals surface area contributed by atoms with E-state index < -0.39 is 11.9 Å². The molecule has 0 unspecified atom stereocenters. The van der Waals surface area contributed by atoms with Crippen LogP contribution in [0.1, 0.15) is 16.6 Å². The van der Waals surface area contributed by atoms with Gasteiger partial charge in [-0.15, -0.1) is 11.3 Å². The Morgan fingerprint density at radius 3 is 2.55 bits per heavy atom. The number of thiophene rings is 1. The summed E-state index contributed by atoms with van der Waals surface area (Å²) < 4.78 is 5.30. The van der Waals surface area contributed by atoms with Crippen LogP contribution in [0, 0.1) is 0 Å². The van der Waals surface area contributed by atoms with Gasteiger partial charge in [0.2, 0.25) is 0 Å². The predicted molar refractivity (Wildman–Crippen MR) is 78.4 cm³/mol. The fourth-order valence-electron chi connectivity index (χ4n) is 1.54. The lowest BCUT2D eigenvalue weighted by atomic mass is 10.3. The van der Waals surface area contributed by atoms with Gasteiger partial charge >= 0.3 is 6.03 Å². The van der Waals surface area contributed by atoms with Gasteiger partial charge in [0, 0.05) is 5.69 Å². The van der Waals surface area contributed by atoms with Crippen LogP contribution in [0.3, 0.4) is 0 Å². The van der Waals surface area contributed by atoms with Crippen molar-refractivity contribution in [2.45, 2.75) is 6.92 Å². The molecule has 104 valence electrons. The number of ether oxygens (including phenoxy) is 1. The first-order valence-corrected chi connectivity index (χ1v) is 6.95. The third kappa shape index (κ3) is 3.83. The number of hydrogen-bond donors (Lipinski definition) is 2. The highest BCUT2D eigenvalue weighted by Gasteiger charge is 2.10. The van der Waals surface area contributed by atoms with E-state index in [2.05, 4.69) is 10.6 Å². The predicted octanol–water partition coefficient (Wildman–Crippen LogP) is 3.11. The van der Waals surface area contributed by atoms with Crippen LogP contribution in [0.2, 0.25) is 0 Å². The van der Waals surface area contributed by atoms with Crippen molar-refractivity contribution in [3.63, 3.8) is 0 Å². The second-order valence-electron chi connectivity index (χ2n) is 3.84. The summed E-state index contributed by atoms with van der Waals surface area (Å²) >= 11 is 1.28. The van der Waals surface area contributed by atoms with Crippen molar-refractivity contribution < 1.29 is 14.3 Å². The first-order valence-electron chi connectivity index (χ1n) is 6.07. The Kier molecular flexibility index (Phi) is 4.73. The van der Waals surface area contributed by atoms with Gasteiger partial charge in [-0.1, -0.05) is 6.07 Å². The van der Waals surface area contributed by atoms with Crippen LogP contribution in [-0.2, 0) is 0 Å². The fraction of sp³-hybridized carbons (Fsp3) is 0.143. The monoisotopic (exact) mass is 290 g/mol. The van der Waals surface area contributed by atoms with Crippen molar-refractivity contribution in [3.8, 4) is 5.75 Å². The van der Waals surface area contributed by atoms with Gasteiger partial charge in [-0.25, -0.2) is 4.79 Å². The van der Waals surface area contributed by atoms with Crippen molar-refractivity contribution in [2.24, 2.45) is 0 Å². The molecule has 0 spiro atoms. The molecule has 1 aromatic carbocycles. The number of nitrogens with one attached hydrogen (secondary N) is 2. The van der Waals surface area contributed by atoms with Gasteiger partial charge in [0.15, 0.2) is 0 Å². The van der Waals surface area contributed by atoms with Crippen molar-refractivity contribution in [1.82, 2.24) is 5.32 Å². The quantitative estimate of drug-likeness (QED) is 0.909. The molecular weight excluding hydrogens is 276 g/mol. The van der Waals surface area contributed by atoms with Crippen LogP contribution in [0.4, 0.5) is 10.5 Å². The summed E-state index contributed by atoms with van der Waals surface area (Å²) in [5.41, 5.74) is 0.588. The highest BCUT2D eigenvalue weighted by atomic mass is 32.1. The molecule has 0 radical (unpaired) electrons. The first-order chi connectivity index (χ1) is 9.69. The van der Waals surface area contributed by atoms with Gasteiger partial charge in [-0.2, -0.15) is 0 Å². The summed E-state index contributed by atoms with van der Waals surface area (Å²) in [5.74, 6) is 0.316. The molecule has 20 heavy (non-hydrogen) atoms. The Hall–Kier alpha value is -2.34. The van der Waals surface area contributed by atoms with Crippen molar-refractivity contribution >= 4 is 29.0 Å². The molecule has 1 heterocycles. The minimum Gasteiger partial charge on any atom is -0.494 e. The molecule has 0 atom stereocenters. The number of benzene rings is 1. The Bertz CT molecular complexity index is 579. The Morgan fingerprint density at radius 2 is 1.95 bits per heavy atom. The van der Waals surface area contributed by atoms with E-state index in [9.17, 15) is 9.59 Å². The second-order valence-corrected chi connectivity index (χ2v) is 4.79. The molecular formula is C14H14N2O3S. The molecule has 0 fully saturated rings. The zero-order valence-corrected chi connectivity index (χ0v) is 11.7. The summed E-state index contributed by atoms with van der Waals surface area (Å²) in [6.45, 7) is 2.48. The smallest absolute Gasteiger partial charge is 0.326 e. The number of carbonyl (C=O) groups excluding carboxylic acids is 2. The molecule has 1 aromatic heterocycles. The minimum atomic E-state index is -0.562. The van der Waals surface area contributed by atoms with Crippen LogP contribution in [-0.4, -0.2) is 18.5 Å². The summed E-state index contributed by atoms with van der Waals surface area (Å²) in [4.78, 5) is 23.8. The molecule has 0 saturated heterocycles. The zero-order valence-electron chi connectivity index (χ0n) is 10.9. The lowest BCUT2D eigenvalue weighted by Gasteiger charge is -2.07. The van der Waals surface area contributed by atoms with Crippen LogP contribution in [0.15, 0.2) is 41.8 Å². The van der Waals surface area contributed by atoms with E-state index in [0.29, 0.717) is 17.2 Å². The van der Waals surface area contributed by atoms with Crippen molar-refractivity contribution in [3.05, 3.63) is 46.7 Å². The third-order valence-electron chi connectivity index (χ3n) is 2.40. The lowest BCUT2D eigenvalue weighted by molar-refractivity contribution is 0.0971. The lowest BCUT2D eigenvalue weighted by Crippen LogP contribution is -2.33. The van der Waals surface area contributed by atoms with Crippen LogP contribution >= 0.6 is 11.3 Å². The van der Waals surface area contributed by atoms with Gasteiger partial charge in [-0.05, 0) is 42.6 Å². The highest BCUT2D eigenvalue weighted by molar-refractivity contribution is 7.12. The molecule has 6 heteroatoms. The molecule has 0 bridgehead atoms. The van der Waals surface area contributed by atoms with Crippen molar-refractivity contribution in [2.75, 3.05) is 11.9 Å². The second kappa shape index (κ2) is 6.72. The number of urea groups is 1. The third-order valence-corrected chi connectivity index (χ3v) is 3.26. The van der Waals surface area contributed by atoms with Gasteiger partial charge in [0.05, 0.1) is 11.5 Å². The average molecular weight is 290 g/mol. The van der Waals surface area contributed by atoms with Crippen LogP contribution < -0.4 is 15.4 Å². The summed E-state index contributed by atoms with van der Waals surface area (Å²) in [7, 11) is 0. The SMILES string of the molecule is CCOc1ccc(NC(=O)NC(=O)c2cccs2)cc1. The number of anilines is 1. The molecule has 3 amide bonds. The van der Waals surface area contributed by atoms with Crippen LogP contribution in [0.25, 0.3) is 0 Å². The van der Waals surface area contributed by atoms with Crippen LogP contribution in [0.5, 0.6) is 5.75 Å². The summed E-state index contributed by atoms with van der Waals surface area (Å²) in [6, 6.07) is 9.77. The molecule has 5 nitrogen and oxygen atoms in total. The van der Waals surface area contributed by atoms with E-state index in [1.54, 1.807) is 41.8 Å². The number of rotatable bonds is 4. The fourth-order valence-corrected chi connectivity index (χ4v) is 2.15. The zero-order chi connectivity index (χ0) is 14.4. The maximum Gasteiger partial charge on any atom is 0.326 e. The van der Waals surface area contributed by atoms with E-state index in [1.165, 1.54) is 11.3 Å². The standard InChI is InChI=1S/C14H14N2O3S/c1-2-19-11-7-5-10(6-8-11)15-14(18)16-13(17)12-4-3-9-20-12/h3-9H,2H2,1H3,(H2,15,16,17,18). The maximum absolute atomic E-state index is 11.7. The van der Waals surface area contributed by atoms with Gasteiger partial charge < -0.3 is 10.1 Å². The van der Waals surface area contributed by atoms with Gasteiger partial charge in [-0.3, -0.25) is 10.1 Å². The van der Waals surface area contributed by atoms with E-state index in [1.807, 2.05) is 6.92 Å². The molecule has 2 aromatic rings. The molecule has 0 aliphatic carbocycles. The molecule has 2 rings (SSSR count). The topological polar surface area (TPSA) is 67.4 Å². The largest absolute Gasteiger partial charge is 0.494 e. The van der Waals surface area contributed by atoms with Gasteiger partial charge in [0.1, 0.15) is 5.75 Å². The molecule has 2 N–H and O–H groups in total. The molecule has 0 aliphatic heterocycles. The maximum atomic E-state index is 11.7. The Labute approximate surface area is 120 Å².